The van der Waals surface area contributed by atoms with E-state index in [1.807, 2.05) is 13.0 Å². The molecule has 2 heterocycles. The SMILES string of the molecule is CCCNCc1ccc(COc2cc(C)[nH]n2)s1. The molecule has 0 unspecified atom stereocenters. The van der Waals surface area contributed by atoms with Crippen LogP contribution in [0.5, 0.6) is 5.88 Å². The smallest absolute Gasteiger partial charge is 0.233 e. The zero-order valence-corrected chi connectivity index (χ0v) is 11.6. The first-order valence-electron chi connectivity index (χ1n) is 6.21. The summed E-state index contributed by atoms with van der Waals surface area (Å²) in [6, 6.07) is 6.17. The molecule has 98 valence electrons. The van der Waals surface area contributed by atoms with Gasteiger partial charge in [-0.2, -0.15) is 0 Å². The van der Waals surface area contributed by atoms with E-state index in [4.69, 9.17) is 4.74 Å². The summed E-state index contributed by atoms with van der Waals surface area (Å²) in [6.07, 6.45) is 1.17. The second-order valence-corrected chi connectivity index (χ2v) is 5.48. The van der Waals surface area contributed by atoms with Gasteiger partial charge in [-0.3, -0.25) is 5.10 Å². The molecule has 0 bridgehead atoms. The number of thiophene rings is 1. The molecule has 2 N–H and O–H groups in total. The zero-order chi connectivity index (χ0) is 12.8. The molecule has 0 fully saturated rings. The fourth-order valence-electron chi connectivity index (χ4n) is 1.60. The predicted molar refractivity (Wildman–Crippen MR) is 74.0 cm³/mol. The van der Waals surface area contributed by atoms with Crippen molar-refractivity contribution >= 4 is 11.3 Å². The number of rotatable bonds is 7. The summed E-state index contributed by atoms with van der Waals surface area (Å²) < 4.78 is 5.60. The Kier molecular flexibility index (Phi) is 4.78. The topological polar surface area (TPSA) is 49.9 Å². The summed E-state index contributed by atoms with van der Waals surface area (Å²) in [4.78, 5) is 2.57. The van der Waals surface area contributed by atoms with Gasteiger partial charge in [-0.1, -0.05) is 6.92 Å². The van der Waals surface area contributed by atoms with Crippen LogP contribution in [0.4, 0.5) is 0 Å². The number of aromatic nitrogens is 2. The third-order valence-corrected chi connectivity index (χ3v) is 3.55. The lowest BCUT2D eigenvalue weighted by atomic mass is 10.4. The van der Waals surface area contributed by atoms with Gasteiger partial charge >= 0.3 is 0 Å². The summed E-state index contributed by atoms with van der Waals surface area (Å²) in [5, 5.41) is 10.3. The summed E-state index contributed by atoms with van der Waals surface area (Å²) >= 11 is 1.78. The number of hydrogen-bond donors (Lipinski definition) is 2. The van der Waals surface area contributed by atoms with Gasteiger partial charge < -0.3 is 10.1 Å². The molecule has 0 aliphatic carbocycles. The Bertz CT molecular complexity index is 478. The minimum Gasteiger partial charge on any atom is -0.471 e. The van der Waals surface area contributed by atoms with E-state index in [0.717, 1.165) is 18.8 Å². The Labute approximate surface area is 111 Å². The fourth-order valence-corrected chi connectivity index (χ4v) is 2.50. The standard InChI is InChI=1S/C13H19N3OS/c1-3-6-14-8-11-4-5-12(18-11)9-17-13-7-10(2)15-16-13/h4-5,7,14H,3,6,8-9H2,1-2H3,(H,15,16). The van der Waals surface area contributed by atoms with Crippen molar-refractivity contribution in [1.82, 2.24) is 15.5 Å². The first-order chi connectivity index (χ1) is 8.78. The lowest BCUT2D eigenvalue weighted by Crippen LogP contribution is -2.12. The summed E-state index contributed by atoms with van der Waals surface area (Å²) in [5.74, 6) is 0.659. The Morgan fingerprint density at radius 2 is 2.22 bits per heavy atom. The van der Waals surface area contributed by atoms with Gasteiger partial charge in [0.25, 0.3) is 0 Å². The molecule has 0 saturated heterocycles. The van der Waals surface area contributed by atoms with Crippen LogP contribution in [-0.2, 0) is 13.2 Å². The van der Waals surface area contributed by atoms with E-state index >= 15 is 0 Å². The molecule has 0 saturated carbocycles. The van der Waals surface area contributed by atoms with Crippen molar-refractivity contribution in [3.63, 3.8) is 0 Å². The van der Waals surface area contributed by atoms with Crippen LogP contribution in [0, 0.1) is 6.92 Å². The number of nitrogens with zero attached hydrogens (tertiary/aromatic N) is 1. The van der Waals surface area contributed by atoms with Gasteiger partial charge in [0, 0.05) is 28.1 Å². The molecule has 0 atom stereocenters. The van der Waals surface area contributed by atoms with Crippen LogP contribution >= 0.6 is 11.3 Å². The van der Waals surface area contributed by atoms with E-state index in [-0.39, 0.29) is 0 Å². The minimum absolute atomic E-state index is 0.586. The molecular weight excluding hydrogens is 246 g/mol. The molecule has 0 radical (unpaired) electrons. The number of H-pyrrole nitrogens is 1. The van der Waals surface area contributed by atoms with Crippen LogP contribution in [0.2, 0.25) is 0 Å². The average Bonchev–Trinajstić information content (AvgIpc) is 2.96. The van der Waals surface area contributed by atoms with Crippen LogP contribution in [0.1, 0.15) is 28.8 Å². The van der Waals surface area contributed by atoms with Crippen molar-refractivity contribution in [1.29, 1.82) is 0 Å². The second kappa shape index (κ2) is 6.56. The molecule has 2 rings (SSSR count). The number of aromatic amines is 1. The second-order valence-electron chi connectivity index (χ2n) is 4.22. The third-order valence-electron chi connectivity index (χ3n) is 2.49. The fraction of sp³-hybridized carbons (Fsp3) is 0.462. The van der Waals surface area contributed by atoms with E-state index in [2.05, 4.69) is 34.6 Å². The van der Waals surface area contributed by atoms with Crippen molar-refractivity contribution in [3.05, 3.63) is 33.6 Å². The van der Waals surface area contributed by atoms with Crippen molar-refractivity contribution in [2.45, 2.75) is 33.4 Å². The minimum atomic E-state index is 0.586. The first-order valence-corrected chi connectivity index (χ1v) is 7.02. The molecule has 0 aromatic carbocycles. The van der Waals surface area contributed by atoms with Crippen molar-refractivity contribution in [2.75, 3.05) is 6.54 Å². The van der Waals surface area contributed by atoms with Gasteiger partial charge in [0.2, 0.25) is 5.88 Å². The maximum atomic E-state index is 5.60. The molecule has 0 aliphatic rings. The van der Waals surface area contributed by atoms with E-state index < -0.39 is 0 Å². The molecular formula is C13H19N3OS. The van der Waals surface area contributed by atoms with Crippen LogP contribution in [0.15, 0.2) is 18.2 Å². The van der Waals surface area contributed by atoms with Crippen LogP contribution in [0.25, 0.3) is 0 Å². The molecule has 4 nitrogen and oxygen atoms in total. The predicted octanol–water partition coefficient (Wildman–Crippen LogP) is 2.86. The zero-order valence-electron chi connectivity index (χ0n) is 10.8. The first kappa shape index (κ1) is 13.1. The average molecular weight is 265 g/mol. The van der Waals surface area contributed by atoms with Crippen molar-refractivity contribution < 1.29 is 4.74 Å². The highest BCUT2D eigenvalue weighted by molar-refractivity contribution is 7.11. The van der Waals surface area contributed by atoms with Crippen LogP contribution in [-0.4, -0.2) is 16.7 Å². The van der Waals surface area contributed by atoms with E-state index in [1.165, 1.54) is 16.2 Å². The highest BCUT2D eigenvalue weighted by atomic mass is 32.1. The van der Waals surface area contributed by atoms with E-state index in [1.54, 1.807) is 11.3 Å². The molecule has 5 heteroatoms. The quantitative estimate of drug-likeness (QED) is 0.757. The third kappa shape index (κ3) is 3.85. The maximum Gasteiger partial charge on any atom is 0.233 e. The Hall–Kier alpha value is -1.33. The van der Waals surface area contributed by atoms with Gasteiger partial charge in [-0.15, -0.1) is 16.4 Å². The summed E-state index contributed by atoms with van der Waals surface area (Å²) in [5.41, 5.74) is 1.01. The van der Waals surface area contributed by atoms with Gasteiger partial charge in [0.1, 0.15) is 6.61 Å². The Morgan fingerprint density at radius 1 is 1.39 bits per heavy atom. The summed E-state index contributed by atoms with van der Waals surface area (Å²) in [7, 11) is 0. The number of hydrogen-bond acceptors (Lipinski definition) is 4. The summed E-state index contributed by atoms with van der Waals surface area (Å²) in [6.45, 7) is 6.73. The van der Waals surface area contributed by atoms with Crippen LogP contribution < -0.4 is 10.1 Å². The normalized spacial score (nSPS) is 10.8. The number of aryl methyl sites for hydroxylation is 1. The van der Waals surface area contributed by atoms with Gasteiger partial charge in [-0.25, -0.2) is 0 Å². The Morgan fingerprint density at radius 3 is 2.94 bits per heavy atom. The number of nitrogens with one attached hydrogen (secondary N) is 2. The number of ether oxygens (including phenoxy) is 1. The van der Waals surface area contributed by atoms with Gasteiger partial charge in [-0.05, 0) is 32.0 Å². The monoisotopic (exact) mass is 265 g/mol. The van der Waals surface area contributed by atoms with Crippen molar-refractivity contribution in [3.8, 4) is 5.88 Å². The van der Waals surface area contributed by atoms with Gasteiger partial charge in [0.15, 0.2) is 0 Å². The highest BCUT2D eigenvalue weighted by Gasteiger charge is 2.03. The largest absolute Gasteiger partial charge is 0.471 e. The molecule has 2 aromatic heterocycles. The van der Waals surface area contributed by atoms with Gasteiger partial charge in [0.05, 0.1) is 0 Å². The maximum absolute atomic E-state index is 5.60. The molecule has 2 aromatic rings. The molecule has 18 heavy (non-hydrogen) atoms. The highest BCUT2D eigenvalue weighted by Crippen LogP contribution is 2.18. The van der Waals surface area contributed by atoms with E-state index in [0.29, 0.717) is 12.5 Å². The van der Waals surface area contributed by atoms with Crippen LogP contribution in [0.3, 0.4) is 0 Å². The molecule has 0 spiro atoms. The lowest BCUT2D eigenvalue weighted by molar-refractivity contribution is 0.297. The molecule has 0 aliphatic heterocycles. The van der Waals surface area contributed by atoms with E-state index in [9.17, 15) is 0 Å². The lowest BCUT2D eigenvalue weighted by Gasteiger charge is -2.00. The Balaban J connectivity index is 1.79. The molecule has 0 amide bonds. The van der Waals surface area contributed by atoms with Crippen molar-refractivity contribution in [2.24, 2.45) is 0 Å².